The highest BCUT2D eigenvalue weighted by Crippen LogP contribution is 2.23. The van der Waals surface area contributed by atoms with Crippen LogP contribution in [0, 0.1) is 0 Å². The molecule has 1 amide bonds. The molecule has 21 heavy (non-hydrogen) atoms. The Balaban J connectivity index is 2.73. The van der Waals surface area contributed by atoms with Crippen LogP contribution in [0.2, 0.25) is 5.02 Å². The summed E-state index contributed by atoms with van der Waals surface area (Å²) < 4.78 is 0. The summed E-state index contributed by atoms with van der Waals surface area (Å²) in [6.45, 7) is 9.62. The fraction of sp³-hybridized carbons (Fsp3) is 0.562. The van der Waals surface area contributed by atoms with Gasteiger partial charge in [-0.1, -0.05) is 24.6 Å². The number of rotatable bonds is 9. The highest BCUT2D eigenvalue weighted by atomic mass is 35.5. The zero-order valence-electron chi connectivity index (χ0n) is 13.2. The summed E-state index contributed by atoms with van der Waals surface area (Å²) in [5.41, 5.74) is 2.07. The van der Waals surface area contributed by atoms with E-state index >= 15 is 0 Å². The molecule has 0 bridgehead atoms. The lowest BCUT2D eigenvalue weighted by Gasteiger charge is -2.23. The number of benzene rings is 1. The van der Waals surface area contributed by atoms with E-state index < -0.39 is 0 Å². The Morgan fingerprint density at radius 1 is 1.29 bits per heavy atom. The molecule has 0 heterocycles. The molecule has 0 aliphatic rings. The topological polar surface area (TPSA) is 44.4 Å². The van der Waals surface area contributed by atoms with Crippen molar-refractivity contribution in [2.75, 3.05) is 31.1 Å². The van der Waals surface area contributed by atoms with Gasteiger partial charge in [-0.25, -0.2) is 0 Å². The highest BCUT2D eigenvalue weighted by Gasteiger charge is 2.11. The number of carbonyl (C=O) groups excluding carboxylic acids is 1. The standard InChI is InChI=1S/C16H26ClN3O/c1-4-9-18-11-13-7-8-14(10-15(13)17)20(6-3)12-16(21)19-5-2/h7-8,10,18H,4-6,9,11-12H2,1-3H3,(H,19,21). The summed E-state index contributed by atoms with van der Waals surface area (Å²) in [6, 6.07) is 5.99. The van der Waals surface area contributed by atoms with Crippen molar-refractivity contribution in [3.8, 4) is 0 Å². The van der Waals surface area contributed by atoms with Crippen LogP contribution in [0.3, 0.4) is 0 Å². The van der Waals surface area contributed by atoms with Crippen molar-refractivity contribution in [2.24, 2.45) is 0 Å². The van der Waals surface area contributed by atoms with Gasteiger partial charge in [0.05, 0.1) is 6.54 Å². The summed E-state index contributed by atoms with van der Waals surface area (Å²) >= 11 is 6.34. The molecule has 1 aromatic carbocycles. The molecule has 1 aromatic rings. The minimum Gasteiger partial charge on any atom is -0.362 e. The Morgan fingerprint density at radius 2 is 2.05 bits per heavy atom. The van der Waals surface area contributed by atoms with E-state index in [1.54, 1.807) is 0 Å². The van der Waals surface area contributed by atoms with E-state index in [1.165, 1.54) is 0 Å². The van der Waals surface area contributed by atoms with Crippen LogP contribution in [0.1, 0.15) is 32.8 Å². The first kappa shape index (κ1) is 17.8. The molecule has 2 N–H and O–H groups in total. The summed E-state index contributed by atoms with van der Waals surface area (Å²) in [4.78, 5) is 13.7. The van der Waals surface area contributed by atoms with Gasteiger partial charge >= 0.3 is 0 Å². The summed E-state index contributed by atoms with van der Waals surface area (Å²) in [5, 5.41) is 6.90. The SMILES string of the molecule is CCCNCc1ccc(N(CC)CC(=O)NCC)cc1Cl. The molecule has 0 aliphatic carbocycles. The number of carbonyl (C=O) groups is 1. The molecule has 0 fully saturated rings. The first-order valence-electron chi connectivity index (χ1n) is 7.63. The van der Waals surface area contributed by atoms with Crippen LogP contribution < -0.4 is 15.5 Å². The zero-order valence-corrected chi connectivity index (χ0v) is 14.0. The summed E-state index contributed by atoms with van der Waals surface area (Å²) in [6.07, 6.45) is 1.10. The van der Waals surface area contributed by atoms with E-state index in [0.717, 1.165) is 42.3 Å². The predicted molar refractivity (Wildman–Crippen MR) is 90.0 cm³/mol. The van der Waals surface area contributed by atoms with E-state index in [1.807, 2.05) is 36.9 Å². The molecule has 1 rings (SSSR count). The lowest BCUT2D eigenvalue weighted by Crippen LogP contribution is -2.37. The van der Waals surface area contributed by atoms with E-state index in [2.05, 4.69) is 17.6 Å². The van der Waals surface area contributed by atoms with Crippen molar-refractivity contribution in [3.05, 3.63) is 28.8 Å². The monoisotopic (exact) mass is 311 g/mol. The van der Waals surface area contributed by atoms with Gasteiger partial charge in [-0.2, -0.15) is 0 Å². The lowest BCUT2D eigenvalue weighted by atomic mass is 10.2. The fourth-order valence-corrected chi connectivity index (χ4v) is 2.33. The first-order chi connectivity index (χ1) is 10.1. The van der Waals surface area contributed by atoms with Crippen LogP contribution in [0.5, 0.6) is 0 Å². The van der Waals surface area contributed by atoms with Gasteiger partial charge in [0, 0.05) is 30.3 Å². The molecule has 118 valence electrons. The van der Waals surface area contributed by atoms with E-state index in [0.29, 0.717) is 13.1 Å². The third-order valence-electron chi connectivity index (χ3n) is 3.23. The highest BCUT2D eigenvalue weighted by molar-refractivity contribution is 6.31. The van der Waals surface area contributed by atoms with Crippen LogP contribution >= 0.6 is 11.6 Å². The number of halogens is 1. The number of amides is 1. The number of anilines is 1. The zero-order chi connectivity index (χ0) is 15.7. The van der Waals surface area contributed by atoms with E-state index in [-0.39, 0.29) is 5.91 Å². The van der Waals surface area contributed by atoms with Crippen molar-refractivity contribution in [1.82, 2.24) is 10.6 Å². The molecule has 0 saturated carbocycles. The Kier molecular flexibility index (Phi) is 8.16. The average molecular weight is 312 g/mol. The Morgan fingerprint density at radius 3 is 2.62 bits per heavy atom. The fourth-order valence-electron chi connectivity index (χ4n) is 2.09. The van der Waals surface area contributed by atoms with Crippen LogP contribution in [-0.4, -0.2) is 32.1 Å². The smallest absolute Gasteiger partial charge is 0.239 e. The molecular weight excluding hydrogens is 286 g/mol. The maximum absolute atomic E-state index is 11.7. The number of hydrogen-bond acceptors (Lipinski definition) is 3. The Hall–Kier alpha value is -1.26. The van der Waals surface area contributed by atoms with Crippen molar-refractivity contribution in [1.29, 1.82) is 0 Å². The van der Waals surface area contributed by atoms with Gasteiger partial charge < -0.3 is 15.5 Å². The van der Waals surface area contributed by atoms with Gasteiger partial charge in [0.2, 0.25) is 5.91 Å². The van der Waals surface area contributed by atoms with Crippen LogP contribution in [-0.2, 0) is 11.3 Å². The van der Waals surface area contributed by atoms with Crippen LogP contribution in [0.4, 0.5) is 5.69 Å². The van der Waals surface area contributed by atoms with Crippen molar-refractivity contribution in [3.63, 3.8) is 0 Å². The van der Waals surface area contributed by atoms with Gasteiger partial charge in [0.15, 0.2) is 0 Å². The number of hydrogen-bond donors (Lipinski definition) is 2. The van der Waals surface area contributed by atoms with E-state index in [4.69, 9.17) is 11.6 Å². The second kappa shape index (κ2) is 9.64. The van der Waals surface area contributed by atoms with Crippen LogP contribution in [0.25, 0.3) is 0 Å². The van der Waals surface area contributed by atoms with Gasteiger partial charge in [0.25, 0.3) is 0 Å². The molecule has 0 radical (unpaired) electrons. The van der Waals surface area contributed by atoms with Crippen molar-refractivity contribution < 1.29 is 4.79 Å². The largest absolute Gasteiger partial charge is 0.362 e. The molecule has 5 heteroatoms. The molecule has 0 atom stereocenters. The average Bonchev–Trinajstić information content (AvgIpc) is 2.47. The summed E-state index contributed by atoms with van der Waals surface area (Å²) in [5.74, 6) is 0.0316. The normalized spacial score (nSPS) is 10.5. The van der Waals surface area contributed by atoms with Crippen molar-refractivity contribution in [2.45, 2.75) is 33.7 Å². The quantitative estimate of drug-likeness (QED) is 0.689. The first-order valence-corrected chi connectivity index (χ1v) is 8.00. The molecule has 0 saturated heterocycles. The molecule has 0 aromatic heterocycles. The van der Waals surface area contributed by atoms with Gasteiger partial charge in [-0.3, -0.25) is 4.79 Å². The second-order valence-electron chi connectivity index (χ2n) is 4.92. The Bertz CT molecular complexity index is 451. The predicted octanol–water partition coefficient (Wildman–Crippen LogP) is 2.80. The molecule has 0 spiro atoms. The third-order valence-corrected chi connectivity index (χ3v) is 3.59. The molecular formula is C16H26ClN3O. The third kappa shape index (κ3) is 5.94. The van der Waals surface area contributed by atoms with Gasteiger partial charge in [-0.05, 0) is 44.5 Å². The molecule has 0 aliphatic heterocycles. The van der Waals surface area contributed by atoms with Gasteiger partial charge in [0.1, 0.15) is 0 Å². The van der Waals surface area contributed by atoms with Crippen LogP contribution in [0.15, 0.2) is 18.2 Å². The van der Waals surface area contributed by atoms with E-state index in [9.17, 15) is 4.79 Å². The minimum absolute atomic E-state index is 0.0316. The van der Waals surface area contributed by atoms with Gasteiger partial charge in [-0.15, -0.1) is 0 Å². The second-order valence-corrected chi connectivity index (χ2v) is 5.33. The molecule has 0 unspecified atom stereocenters. The van der Waals surface area contributed by atoms with Crippen molar-refractivity contribution >= 4 is 23.2 Å². The Labute approximate surface area is 132 Å². The maximum Gasteiger partial charge on any atom is 0.239 e. The molecule has 4 nitrogen and oxygen atoms in total. The number of likely N-dealkylation sites (N-methyl/N-ethyl adjacent to an activating group) is 2. The number of nitrogens with zero attached hydrogens (tertiary/aromatic N) is 1. The number of nitrogens with one attached hydrogen (secondary N) is 2. The maximum atomic E-state index is 11.7. The minimum atomic E-state index is 0.0316. The lowest BCUT2D eigenvalue weighted by molar-refractivity contribution is -0.119. The summed E-state index contributed by atoms with van der Waals surface area (Å²) in [7, 11) is 0.